The summed E-state index contributed by atoms with van der Waals surface area (Å²) in [6.45, 7) is 3.15. The Morgan fingerprint density at radius 1 is 1.37 bits per heavy atom. The quantitative estimate of drug-likeness (QED) is 0.532. The fourth-order valence-electron chi connectivity index (χ4n) is 1.59. The fourth-order valence-corrected chi connectivity index (χ4v) is 1.63. The second kappa shape index (κ2) is 5.24. The van der Waals surface area contributed by atoms with Crippen molar-refractivity contribution in [3.63, 3.8) is 0 Å². The lowest BCUT2D eigenvalue weighted by Gasteiger charge is -2.04. The first-order valence-corrected chi connectivity index (χ1v) is 5.90. The minimum Gasteiger partial charge on any atom is -0.423 e. The smallest absolute Gasteiger partial charge is 0.336 e. The standard InChI is InChI=1S/C13H11ClN2O3/c1-7-5-12(18)19-11-6-9(3-4-10(7)11)15-16-13(14)8(2)17/h3-6,15H,1-2H3/b16-13-. The highest BCUT2D eigenvalue weighted by molar-refractivity contribution is 6.82. The van der Waals surface area contributed by atoms with Crippen molar-refractivity contribution in [2.24, 2.45) is 5.10 Å². The van der Waals surface area contributed by atoms with Gasteiger partial charge in [-0.05, 0) is 24.6 Å². The number of Topliss-reactive ketones (excluding diaryl/α,β-unsaturated/α-hetero) is 1. The van der Waals surface area contributed by atoms with E-state index in [2.05, 4.69) is 10.5 Å². The van der Waals surface area contributed by atoms with Crippen molar-refractivity contribution in [3.8, 4) is 0 Å². The fraction of sp³-hybridized carbons (Fsp3) is 0.154. The highest BCUT2D eigenvalue weighted by atomic mass is 35.5. The van der Waals surface area contributed by atoms with Gasteiger partial charge in [-0.1, -0.05) is 11.6 Å². The number of nitrogens with zero attached hydrogens (tertiary/aromatic N) is 1. The van der Waals surface area contributed by atoms with Crippen molar-refractivity contribution in [2.75, 3.05) is 5.43 Å². The third kappa shape index (κ3) is 3.00. The molecular formula is C13H11ClN2O3. The average molecular weight is 279 g/mol. The Labute approximate surface area is 113 Å². The van der Waals surface area contributed by atoms with E-state index in [1.807, 2.05) is 6.92 Å². The second-order valence-electron chi connectivity index (χ2n) is 4.03. The highest BCUT2D eigenvalue weighted by Gasteiger charge is 2.04. The van der Waals surface area contributed by atoms with Gasteiger partial charge in [-0.25, -0.2) is 4.79 Å². The molecule has 19 heavy (non-hydrogen) atoms. The van der Waals surface area contributed by atoms with Crippen molar-refractivity contribution < 1.29 is 9.21 Å². The molecule has 0 spiro atoms. The Hall–Kier alpha value is -2.14. The zero-order chi connectivity index (χ0) is 14.0. The Kier molecular flexibility index (Phi) is 3.66. The molecule has 0 aliphatic heterocycles. The van der Waals surface area contributed by atoms with Crippen LogP contribution in [0.2, 0.25) is 0 Å². The van der Waals surface area contributed by atoms with E-state index in [0.29, 0.717) is 11.3 Å². The number of carbonyl (C=O) groups is 1. The first-order chi connectivity index (χ1) is 8.97. The van der Waals surface area contributed by atoms with E-state index in [4.69, 9.17) is 16.0 Å². The molecule has 0 fully saturated rings. The lowest BCUT2D eigenvalue weighted by Crippen LogP contribution is -2.04. The minimum absolute atomic E-state index is 0.147. The number of rotatable bonds is 3. The van der Waals surface area contributed by atoms with Gasteiger partial charge in [-0.15, -0.1) is 0 Å². The van der Waals surface area contributed by atoms with E-state index in [-0.39, 0.29) is 11.0 Å². The number of benzene rings is 1. The van der Waals surface area contributed by atoms with E-state index in [9.17, 15) is 9.59 Å². The number of hydrogen-bond acceptors (Lipinski definition) is 5. The second-order valence-corrected chi connectivity index (χ2v) is 4.39. The summed E-state index contributed by atoms with van der Waals surface area (Å²) in [7, 11) is 0. The van der Waals surface area contributed by atoms with Gasteiger partial charge in [0, 0.05) is 24.4 Å². The topological polar surface area (TPSA) is 71.7 Å². The first-order valence-electron chi connectivity index (χ1n) is 5.52. The third-order valence-electron chi connectivity index (χ3n) is 2.53. The van der Waals surface area contributed by atoms with Crippen molar-refractivity contribution in [1.29, 1.82) is 0 Å². The molecule has 0 aliphatic rings. The molecular weight excluding hydrogens is 268 g/mol. The predicted molar refractivity (Wildman–Crippen MR) is 74.8 cm³/mol. The van der Waals surface area contributed by atoms with Crippen LogP contribution in [0.1, 0.15) is 12.5 Å². The van der Waals surface area contributed by atoms with Gasteiger partial charge < -0.3 is 4.42 Å². The summed E-state index contributed by atoms with van der Waals surface area (Å²) >= 11 is 5.60. The SMILES string of the molecule is CC(=O)/C(Cl)=N/Nc1ccc2c(C)cc(=O)oc2c1. The van der Waals surface area contributed by atoms with E-state index in [1.165, 1.54) is 13.0 Å². The van der Waals surface area contributed by atoms with Gasteiger partial charge in [-0.2, -0.15) is 5.10 Å². The molecule has 2 aromatic rings. The van der Waals surface area contributed by atoms with Crippen LogP contribution in [0.25, 0.3) is 11.0 Å². The molecule has 0 amide bonds. The largest absolute Gasteiger partial charge is 0.423 e. The van der Waals surface area contributed by atoms with Crippen LogP contribution < -0.4 is 11.1 Å². The molecule has 0 bridgehead atoms. The molecule has 1 aromatic heterocycles. The number of halogens is 1. The number of nitrogens with one attached hydrogen (secondary N) is 1. The molecule has 2 rings (SSSR count). The maximum absolute atomic E-state index is 11.3. The lowest BCUT2D eigenvalue weighted by atomic mass is 10.1. The zero-order valence-electron chi connectivity index (χ0n) is 10.4. The van der Waals surface area contributed by atoms with Gasteiger partial charge in [0.25, 0.3) is 0 Å². The number of aryl methyl sites for hydroxylation is 1. The number of carbonyl (C=O) groups excluding carboxylic acids is 1. The molecule has 0 atom stereocenters. The minimum atomic E-state index is -0.410. The van der Waals surface area contributed by atoms with E-state index < -0.39 is 5.63 Å². The maximum atomic E-state index is 11.3. The number of hydrogen-bond donors (Lipinski definition) is 1. The van der Waals surface area contributed by atoms with Crippen LogP contribution in [0.3, 0.4) is 0 Å². The van der Waals surface area contributed by atoms with Crippen molar-refractivity contribution in [2.45, 2.75) is 13.8 Å². The summed E-state index contributed by atoms with van der Waals surface area (Å²) in [5.41, 5.74) is 4.07. The van der Waals surface area contributed by atoms with E-state index in [0.717, 1.165) is 10.9 Å². The van der Waals surface area contributed by atoms with Crippen molar-refractivity contribution in [3.05, 3.63) is 40.2 Å². The number of hydrazone groups is 1. The van der Waals surface area contributed by atoms with E-state index >= 15 is 0 Å². The zero-order valence-corrected chi connectivity index (χ0v) is 11.1. The average Bonchev–Trinajstić information content (AvgIpc) is 2.35. The van der Waals surface area contributed by atoms with Crippen molar-refractivity contribution >= 4 is 39.2 Å². The Balaban J connectivity index is 2.40. The van der Waals surface area contributed by atoms with Gasteiger partial charge in [0.1, 0.15) is 5.58 Å². The van der Waals surface area contributed by atoms with Crippen LogP contribution in [0, 0.1) is 6.92 Å². The maximum Gasteiger partial charge on any atom is 0.336 e. The molecule has 1 heterocycles. The molecule has 0 saturated heterocycles. The van der Waals surface area contributed by atoms with Crippen LogP contribution >= 0.6 is 11.6 Å². The van der Waals surface area contributed by atoms with E-state index in [1.54, 1.807) is 18.2 Å². The number of anilines is 1. The monoisotopic (exact) mass is 278 g/mol. The Morgan fingerprint density at radius 2 is 2.11 bits per heavy atom. The van der Waals surface area contributed by atoms with Gasteiger partial charge in [-0.3, -0.25) is 10.2 Å². The summed E-state index contributed by atoms with van der Waals surface area (Å²) in [5.74, 6) is -0.336. The van der Waals surface area contributed by atoms with Gasteiger partial charge in [0.05, 0.1) is 5.69 Å². The molecule has 1 aromatic carbocycles. The Morgan fingerprint density at radius 3 is 2.79 bits per heavy atom. The van der Waals surface area contributed by atoms with Crippen LogP contribution in [-0.2, 0) is 4.79 Å². The normalized spacial score (nSPS) is 11.6. The molecule has 98 valence electrons. The summed E-state index contributed by atoms with van der Waals surface area (Å²) in [6, 6.07) is 6.61. The van der Waals surface area contributed by atoms with Crippen LogP contribution in [-0.4, -0.2) is 11.0 Å². The molecule has 0 aliphatic carbocycles. The van der Waals surface area contributed by atoms with Crippen LogP contribution in [0.15, 0.2) is 38.6 Å². The summed E-state index contributed by atoms with van der Waals surface area (Å²) in [5, 5.41) is 4.40. The van der Waals surface area contributed by atoms with Gasteiger partial charge in [0.2, 0.25) is 0 Å². The van der Waals surface area contributed by atoms with Crippen LogP contribution in [0.4, 0.5) is 5.69 Å². The summed E-state index contributed by atoms with van der Waals surface area (Å²) in [4.78, 5) is 22.2. The highest BCUT2D eigenvalue weighted by Crippen LogP contribution is 2.20. The summed E-state index contributed by atoms with van der Waals surface area (Å²) < 4.78 is 5.09. The number of fused-ring (bicyclic) bond motifs is 1. The predicted octanol–water partition coefficient (Wildman–Crippen LogP) is 2.65. The number of ketones is 1. The lowest BCUT2D eigenvalue weighted by molar-refractivity contribution is -0.110. The molecule has 6 heteroatoms. The molecule has 0 saturated carbocycles. The van der Waals surface area contributed by atoms with Crippen molar-refractivity contribution in [1.82, 2.24) is 0 Å². The molecule has 0 radical (unpaired) electrons. The molecule has 0 unspecified atom stereocenters. The first kappa shape index (κ1) is 13.3. The Bertz CT molecular complexity index is 734. The third-order valence-corrected chi connectivity index (χ3v) is 2.88. The van der Waals surface area contributed by atoms with Crippen LogP contribution in [0.5, 0.6) is 0 Å². The van der Waals surface area contributed by atoms with Gasteiger partial charge >= 0.3 is 5.63 Å². The molecule has 1 N–H and O–H groups in total. The summed E-state index contributed by atoms with van der Waals surface area (Å²) in [6.07, 6.45) is 0. The van der Waals surface area contributed by atoms with Gasteiger partial charge in [0.15, 0.2) is 11.0 Å². The molecule has 5 nitrogen and oxygen atoms in total.